The molecule has 90 valence electrons. The maximum absolute atomic E-state index is 5.59. The highest BCUT2D eigenvalue weighted by Crippen LogP contribution is 2.12. The Morgan fingerprint density at radius 1 is 0.733 bits per heavy atom. The van der Waals surface area contributed by atoms with Gasteiger partial charge in [-0.05, 0) is 41.8 Å². The maximum Gasteiger partial charge on any atom is 0.0828 e. The fraction of sp³-hybridized carbons (Fsp3) is 1.00. The van der Waals surface area contributed by atoms with Crippen LogP contribution in [0.25, 0.3) is 0 Å². The van der Waals surface area contributed by atoms with Crippen LogP contribution in [0.2, 0.25) is 0 Å². The smallest absolute Gasteiger partial charge is 0.0828 e. The van der Waals surface area contributed by atoms with Crippen LogP contribution >= 0.6 is 35.3 Å². The van der Waals surface area contributed by atoms with Crippen molar-refractivity contribution in [3.05, 3.63) is 0 Å². The molecule has 0 aromatic rings. The van der Waals surface area contributed by atoms with Crippen molar-refractivity contribution in [3.8, 4) is 0 Å². The van der Waals surface area contributed by atoms with E-state index in [4.69, 9.17) is 35.3 Å². The first-order chi connectivity index (χ1) is 7.18. The van der Waals surface area contributed by atoms with E-state index in [1.165, 1.54) is 19.7 Å². The van der Waals surface area contributed by atoms with Gasteiger partial charge in [-0.15, -0.1) is 0 Å². The molecule has 9 heteroatoms. The number of hydrazine groups is 2. The normalized spacial score (nSPS) is 25.8. The molecule has 15 heavy (non-hydrogen) atoms. The Morgan fingerprint density at radius 2 is 1.13 bits per heavy atom. The Balaban J connectivity index is 0.000000162. The van der Waals surface area contributed by atoms with Crippen molar-refractivity contribution >= 4 is 35.3 Å². The number of nitrogens with zero attached hydrogens (tertiary/aromatic N) is 3. The minimum Gasteiger partial charge on any atom is -0.244 e. The zero-order valence-electron chi connectivity index (χ0n) is 8.22. The van der Waals surface area contributed by atoms with E-state index in [1.54, 1.807) is 0 Å². The second-order valence-electron chi connectivity index (χ2n) is 3.14. The lowest BCUT2D eigenvalue weighted by Gasteiger charge is -2.30. The molecule has 2 fully saturated rings. The standard InChI is InChI=1S/C3H6Cl3N3.C3H9N3/c4-7-1-8(5)3-9(6)2-7;1-2-4-6-5-3-1/h1-3H2;4-6H,1-3H2. The van der Waals surface area contributed by atoms with Crippen LogP contribution in [0.1, 0.15) is 6.42 Å². The molecule has 0 bridgehead atoms. The SMILES string of the molecule is C1CNNNC1.ClN1CN(Cl)CN(Cl)C1. The Hall–Kier alpha value is 0.630. The molecule has 0 aromatic heterocycles. The Morgan fingerprint density at radius 3 is 1.33 bits per heavy atom. The monoisotopic (exact) mass is 276 g/mol. The van der Waals surface area contributed by atoms with Crippen molar-refractivity contribution in [2.75, 3.05) is 33.1 Å². The van der Waals surface area contributed by atoms with Crippen LogP contribution in [0, 0.1) is 0 Å². The van der Waals surface area contributed by atoms with E-state index >= 15 is 0 Å². The molecule has 2 aliphatic rings. The fourth-order valence-corrected chi connectivity index (χ4v) is 2.02. The van der Waals surface area contributed by atoms with Crippen molar-refractivity contribution in [1.82, 2.24) is 29.6 Å². The fourth-order valence-electron chi connectivity index (χ4n) is 1.09. The van der Waals surface area contributed by atoms with Crippen LogP contribution < -0.4 is 16.4 Å². The molecule has 2 aliphatic heterocycles. The highest BCUT2D eigenvalue weighted by Gasteiger charge is 2.18. The zero-order chi connectivity index (χ0) is 11.1. The van der Waals surface area contributed by atoms with E-state index in [2.05, 4.69) is 16.4 Å². The molecular formula is C6H15Cl3N6. The third-order valence-corrected chi connectivity index (χ3v) is 2.34. The predicted molar refractivity (Wildman–Crippen MR) is 61.4 cm³/mol. The molecule has 3 N–H and O–H groups in total. The van der Waals surface area contributed by atoms with Gasteiger partial charge in [0.25, 0.3) is 0 Å². The number of hydrogen-bond donors (Lipinski definition) is 3. The lowest BCUT2D eigenvalue weighted by Crippen LogP contribution is -2.49. The van der Waals surface area contributed by atoms with E-state index < -0.39 is 0 Å². The van der Waals surface area contributed by atoms with Gasteiger partial charge in [0.15, 0.2) is 0 Å². The van der Waals surface area contributed by atoms with Crippen LogP contribution in [0.3, 0.4) is 0 Å². The summed E-state index contributed by atoms with van der Waals surface area (Å²) in [5, 5.41) is 0. The average Bonchev–Trinajstić information content (AvgIpc) is 2.19. The molecule has 0 radical (unpaired) electrons. The molecule has 2 heterocycles. The van der Waals surface area contributed by atoms with Gasteiger partial charge in [-0.1, -0.05) is 0 Å². The van der Waals surface area contributed by atoms with Gasteiger partial charge < -0.3 is 0 Å². The highest BCUT2D eigenvalue weighted by molar-refractivity contribution is 6.17. The van der Waals surface area contributed by atoms with Crippen LogP contribution in [-0.2, 0) is 0 Å². The van der Waals surface area contributed by atoms with Crippen LogP contribution in [0.4, 0.5) is 0 Å². The summed E-state index contributed by atoms with van der Waals surface area (Å²) in [5.74, 6) is 0. The molecule has 0 aromatic carbocycles. The van der Waals surface area contributed by atoms with E-state index in [1.807, 2.05) is 0 Å². The van der Waals surface area contributed by atoms with Crippen molar-refractivity contribution < 1.29 is 0 Å². The lowest BCUT2D eigenvalue weighted by molar-refractivity contribution is 0.137. The summed E-state index contributed by atoms with van der Waals surface area (Å²) in [7, 11) is 0. The molecule has 0 amide bonds. The van der Waals surface area contributed by atoms with Crippen molar-refractivity contribution in [2.45, 2.75) is 6.42 Å². The van der Waals surface area contributed by atoms with Crippen molar-refractivity contribution in [3.63, 3.8) is 0 Å². The molecule has 2 saturated heterocycles. The van der Waals surface area contributed by atoms with Gasteiger partial charge in [0, 0.05) is 13.1 Å². The highest BCUT2D eigenvalue weighted by atomic mass is 35.5. The molecule has 0 unspecified atom stereocenters. The summed E-state index contributed by atoms with van der Waals surface area (Å²) in [5.41, 5.74) is 8.63. The topological polar surface area (TPSA) is 45.8 Å². The first-order valence-corrected chi connectivity index (χ1v) is 5.63. The minimum absolute atomic E-state index is 0.534. The lowest BCUT2D eigenvalue weighted by atomic mass is 10.4. The molecule has 0 atom stereocenters. The van der Waals surface area contributed by atoms with E-state index in [-0.39, 0.29) is 0 Å². The number of halogens is 3. The largest absolute Gasteiger partial charge is 0.244 e. The Labute approximate surface area is 105 Å². The third-order valence-electron chi connectivity index (χ3n) is 1.70. The number of hydrogen-bond acceptors (Lipinski definition) is 6. The number of nitrogens with one attached hydrogen (secondary N) is 3. The minimum atomic E-state index is 0.534. The van der Waals surface area contributed by atoms with Gasteiger partial charge in [0.1, 0.15) is 0 Å². The van der Waals surface area contributed by atoms with Crippen LogP contribution in [0.15, 0.2) is 0 Å². The second kappa shape index (κ2) is 7.83. The first-order valence-electron chi connectivity index (χ1n) is 4.61. The van der Waals surface area contributed by atoms with Gasteiger partial charge >= 0.3 is 0 Å². The molecule has 0 aliphatic carbocycles. The third kappa shape index (κ3) is 6.72. The zero-order valence-corrected chi connectivity index (χ0v) is 10.5. The van der Waals surface area contributed by atoms with Crippen LogP contribution in [0.5, 0.6) is 0 Å². The van der Waals surface area contributed by atoms with E-state index in [0.717, 1.165) is 13.1 Å². The quantitative estimate of drug-likeness (QED) is 0.551. The summed E-state index contributed by atoms with van der Waals surface area (Å²) in [6.45, 7) is 3.75. The van der Waals surface area contributed by atoms with Gasteiger partial charge in [-0.25, -0.2) is 10.9 Å². The molecule has 0 saturated carbocycles. The van der Waals surface area contributed by atoms with Crippen molar-refractivity contribution in [1.29, 1.82) is 0 Å². The molecule has 2 rings (SSSR count). The van der Waals surface area contributed by atoms with E-state index in [9.17, 15) is 0 Å². The van der Waals surface area contributed by atoms with Crippen molar-refractivity contribution in [2.24, 2.45) is 0 Å². The van der Waals surface area contributed by atoms with E-state index in [0.29, 0.717) is 20.0 Å². The number of rotatable bonds is 0. The average molecular weight is 278 g/mol. The molecule has 0 spiro atoms. The molecule has 6 nitrogen and oxygen atoms in total. The maximum atomic E-state index is 5.59. The van der Waals surface area contributed by atoms with Gasteiger partial charge in [0.05, 0.1) is 20.0 Å². The predicted octanol–water partition coefficient (Wildman–Crippen LogP) is 0.229. The van der Waals surface area contributed by atoms with Gasteiger partial charge in [-0.2, -0.15) is 18.8 Å². The van der Waals surface area contributed by atoms with Gasteiger partial charge in [-0.3, -0.25) is 0 Å². The summed E-state index contributed by atoms with van der Waals surface area (Å²) in [6, 6.07) is 0. The summed E-state index contributed by atoms with van der Waals surface area (Å²) >= 11 is 16.8. The summed E-state index contributed by atoms with van der Waals surface area (Å²) < 4.78 is 4.47. The summed E-state index contributed by atoms with van der Waals surface area (Å²) in [4.78, 5) is 0. The Kier molecular flexibility index (Phi) is 7.15. The second-order valence-corrected chi connectivity index (χ2v) is 4.58. The molecular weight excluding hydrogens is 262 g/mol. The summed E-state index contributed by atoms with van der Waals surface area (Å²) in [6.07, 6.45) is 1.22. The van der Waals surface area contributed by atoms with Crippen LogP contribution in [-0.4, -0.2) is 46.4 Å². The first kappa shape index (κ1) is 13.7. The van der Waals surface area contributed by atoms with Gasteiger partial charge in [0.2, 0.25) is 0 Å². The Bertz CT molecular complexity index is 132.